The van der Waals surface area contributed by atoms with Gasteiger partial charge in [0.05, 0.1) is 12.7 Å². The zero-order chi connectivity index (χ0) is 11.5. The minimum Gasteiger partial charge on any atom is -0.494 e. The molecule has 0 aliphatic heterocycles. The maximum absolute atomic E-state index is 10.0. The normalized spacial score (nSPS) is 13.7. The van der Waals surface area contributed by atoms with E-state index in [2.05, 4.69) is 0 Å². The van der Waals surface area contributed by atoms with Gasteiger partial charge in [0.25, 0.3) is 0 Å². The minimum atomic E-state index is -0.437. The van der Waals surface area contributed by atoms with E-state index in [0.717, 1.165) is 11.3 Å². The van der Waals surface area contributed by atoms with Gasteiger partial charge in [-0.2, -0.15) is 0 Å². The molecule has 0 saturated carbocycles. The van der Waals surface area contributed by atoms with E-state index in [-0.39, 0.29) is 5.41 Å². The Morgan fingerprint density at radius 3 is 2.13 bits per heavy atom. The van der Waals surface area contributed by atoms with Crippen LogP contribution in [0.4, 0.5) is 0 Å². The van der Waals surface area contributed by atoms with Crippen LogP contribution in [0.5, 0.6) is 5.75 Å². The van der Waals surface area contributed by atoms with Crippen molar-refractivity contribution in [3.63, 3.8) is 0 Å². The number of hydrogen-bond acceptors (Lipinski definition) is 2. The molecule has 84 valence electrons. The van der Waals surface area contributed by atoms with E-state index in [1.807, 2.05) is 52.0 Å². The zero-order valence-corrected chi connectivity index (χ0v) is 9.95. The summed E-state index contributed by atoms with van der Waals surface area (Å²) >= 11 is 0. The molecular weight excluding hydrogens is 188 g/mol. The highest BCUT2D eigenvalue weighted by Crippen LogP contribution is 2.32. The van der Waals surface area contributed by atoms with Crippen molar-refractivity contribution in [1.29, 1.82) is 0 Å². The molecule has 15 heavy (non-hydrogen) atoms. The summed E-state index contributed by atoms with van der Waals surface area (Å²) in [7, 11) is 0. The van der Waals surface area contributed by atoms with Crippen LogP contribution in [0.1, 0.15) is 39.4 Å². The molecule has 0 bridgehead atoms. The van der Waals surface area contributed by atoms with E-state index in [0.29, 0.717) is 6.61 Å². The predicted octanol–water partition coefficient (Wildman–Crippen LogP) is 3.16. The van der Waals surface area contributed by atoms with Crippen molar-refractivity contribution < 1.29 is 9.84 Å². The Morgan fingerprint density at radius 2 is 1.73 bits per heavy atom. The lowest BCUT2D eigenvalue weighted by Gasteiger charge is -2.26. The summed E-state index contributed by atoms with van der Waals surface area (Å²) < 4.78 is 5.34. The van der Waals surface area contributed by atoms with Crippen molar-refractivity contribution in [1.82, 2.24) is 0 Å². The van der Waals surface area contributed by atoms with Gasteiger partial charge in [-0.3, -0.25) is 0 Å². The lowest BCUT2D eigenvalue weighted by molar-refractivity contribution is 0.0626. The zero-order valence-electron chi connectivity index (χ0n) is 9.95. The summed E-state index contributed by atoms with van der Waals surface area (Å²) in [4.78, 5) is 0. The molecule has 1 unspecified atom stereocenters. The fourth-order valence-corrected chi connectivity index (χ4v) is 1.41. The first-order chi connectivity index (χ1) is 6.95. The lowest BCUT2D eigenvalue weighted by atomic mass is 9.85. The summed E-state index contributed by atoms with van der Waals surface area (Å²) in [5.74, 6) is 0.849. The van der Waals surface area contributed by atoms with Crippen LogP contribution >= 0.6 is 0 Å². The van der Waals surface area contributed by atoms with E-state index in [1.54, 1.807) is 0 Å². The summed E-state index contributed by atoms with van der Waals surface area (Å²) in [6, 6.07) is 7.63. The highest BCUT2D eigenvalue weighted by atomic mass is 16.5. The number of ether oxygens (including phenoxy) is 1. The molecule has 0 fully saturated rings. The Bertz CT molecular complexity index is 295. The molecule has 0 aliphatic rings. The van der Waals surface area contributed by atoms with Gasteiger partial charge in [-0.1, -0.05) is 32.9 Å². The van der Waals surface area contributed by atoms with Gasteiger partial charge in [-0.15, -0.1) is 0 Å². The van der Waals surface area contributed by atoms with Gasteiger partial charge in [0, 0.05) is 0 Å². The molecule has 1 N–H and O–H groups in total. The molecule has 0 amide bonds. The molecule has 0 heterocycles. The Balaban J connectivity index is 2.80. The van der Waals surface area contributed by atoms with Crippen molar-refractivity contribution in [3.8, 4) is 5.75 Å². The average Bonchev–Trinajstić information content (AvgIpc) is 2.17. The number of hydrogen-bond donors (Lipinski definition) is 1. The summed E-state index contributed by atoms with van der Waals surface area (Å²) in [6.45, 7) is 8.69. The van der Waals surface area contributed by atoms with Crippen LogP contribution in [0.2, 0.25) is 0 Å². The molecule has 2 nitrogen and oxygen atoms in total. The molecule has 1 rings (SSSR count). The van der Waals surface area contributed by atoms with Crippen molar-refractivity contribution >= 4 is 0 Å². The standard InChI is InChI=1S/C13H20O2/c1-5-15-11-8-6-10(7-9-11)12(14)13(2,3)4/h6-9,12,14H,5H2,1-4H3. The quantitative estimate of drug-likeness (QED) is 0.826. The fraction of sp³-hybridized carbons (Fsp3) is 0.538. The summed E-state index contributed by atoms with van der Waals surface area (Å²) in [6.07, 6.45) is -0.437. The molecule has 2 heteroatoms. The van der Waals surface area contributed by atoms with E-state index < -0.39 is 6.10 Å². The van der Waals surface area contributed by atoms with E-state index in [9.17, 15) is 5.11 Å². The van der Waals surface area contributed by atoms with Crippen LogP contribution < -0.4 is 4.74 Å². The Hall–Kier alpha value is -1.02. The van der Waals surface area contributed by atoms with Crippen LogP contribution in [0.15, 0.2) is 24.3 Å². The fourth-order valence-electron chi connectivity index (χ4n) is 1.41. The van der Waals surface area contributed by atoms with Crippen LogP contribution in [0.25, 0.3) is 0 Å². The highest BCUT2D eigenvalue weighted by Gasteiger charge is 2.23. The number of benzene rings is 1. The topological polar surface area (TPSA) is 29.5 Å². The Morgan fingerprint density at radius 1 is 1.20 bits per heavy atom. The second-order valence-corrected chi connectivity index (χ2v) is 4.77. The number of aliphatic hydroxyl groups excluding tert-OH is 1. The third-order valence-corrected chi connectivity index (χ3v) is 2.33. The van der Waals surface area contributed by atoms with Gasteiger partial charge < -0.3 is 9.84 Å². The second kappa shape index (κ2) is 4.67. The molecule has 0 aromatic heterocycles. The van der Waals surface area contributed by atoms with Crippen LogP contribution in [-0.4, -0.2) is 11.7 Å². The molecule has 0 saturated heterocycles. The molecule has 0 spiro atoms. The second-order valence-electron chi connectivity index (χ2n) is 4.77. The molecule has 1 aromatic rings. The third-order valence-electron chi connectivity index (χ3n) is 2.33. The lowest BCUT2D eigenvalue weighted by Crippen LogP contribution is -2.17. The first-order valence-corrected chi connectivity index (χ1v) is 5.36. The van der Waals surface area contributed by atoms with Gasteiger partial charge in [0.15, 0.2) is 0 Å². The first-order valence-electron chi connectivity index (χ1n) is 5.36. The minimum absolute atomic E-state index is 0.132. The third kappa shape index (κ3) is 3.24. The Labute approximate surface area is 91.9 Å². The van der Waals surface area contributed by atoms with Crippen LogP contribution in [0, 0.1) is 5.41 Å². The van der Waals surface area contributed by atoms with E-state index >= 15 is 0 Å². The predicted molar refractivity (Wildman–Crippen MR) is 62.0 cm³/mol. The summed E-state index contributed by atoms with van der Waals surface area (Å²) in [5.41, 5.74) is 0.804. The van der Waals surface area contributed by atoms with Gasteiger partial charge in [-0.05, 0) is 30.0 Å². The number of aliphatic hydroxyl groups is 1. The van der Waals surface area contributed by atoms with E-state index in [4.69, 9.17) is 4.74 Å². The monoisotopic (exact) mass is 208 g/mol. The van der Waals surface area contributed by atoms with Crippen LogP contribution in [-0.2, 0) is 0 Å². The SMILES string of the molecule is CCOc1ccc(C(O)C(C)(C)C)cc1. The maximum Gasteiger partial charge on any atom is 0.119 e. The molecule has 1 atom stereocenters. The first kappa shape index (κ1) is 12.1. The van der Waals surface area contributed by atoms with E-state index in [1.165, 1.54) is 0 Å². The van der Waals surface area contributed by atoms with Gasteiger partial charge in [-0.25, -0.2) is 0 Å². The van der Waals surface area contributed by atoms with Gasteiger partial charge >= 0.3 is 0 Å². The Kier molecular flexibility index (Phi) is 3.75. The summed E-state index contributed by atoms with van der Waals surface area (Å²) in [5, 5.41) is 10.0. The van der Waals surface area contributed by atoms with Gasteiger partial charge in [0.1, 0.15) is 5.75 Å². The van der Waals surface area contributed by atoms with Crippen molar-refractivity contribution in [2.75, 3.05) is 6.61 Å². The highest BCUT2D eigenvalue weighted by molar-refractivity contribution is 5.29. The largest absolute Gasteiger partial charge is 0.494 e. The van der Waals surface area contributed by atoms with Crippen molar-refractivity contribution in [2.45, 2.75) is 33.8 Å². The van der Waals surface area contributed by atoms with Crippen LogP contribution in [0.3, 0.4) is 0 Å². The molecular formula is C13H20O2. The molecule has 0 radical (unpaired) electrons. The average molecular weight is 208 g/mol. The molecule has 0 aliphatic carbocycles. The maximum atomic E-state index is 10.0. The number of rotatable bonds is 3. The van der Waals surface area contributed by atoms with Crippen molar-refractivity contribution in [3.05, 3.63) is 29.8 Å². The molecule has 1 aromatic carbocycles. The van der Waals surface area contributed by atoms with Gasteiger partial charge in [0.2, 0.25) is 0 Å². The smallest absolute Gasteiger partial charge is 0.119 e. The van der Waals surface area contributed by atoms with Crippen molar-refractivity contribution in [2.24, 2.45) is 5.41 Å².